The molecule has 0 aliphatic rings. The van der Waals surface area contributed by atoms with Crippen LogP contribution in [-0.4, -0.2) is 11.8 Å². The minimum atomic E-state index is -0.238. The summed E-state index contributed by atoms with van der Waals surface area (Å²) in [5.74, 6) is 0. The lowest BCUT2D eigenvalue weighted by Crippen LogP contribution is -2.17. The molecule has 0 radical (unpaired) electrons. The van der Waals surface area contributed by atoms with Gasteiger partial charge in [0, 0.05) is 6.54 Å². The Balaban J connectivity index is 2.82. The molecule has 0 unspecified atom stereocenters. The molecule has 2 nitrogen and oxygen atoms in total. The summed E-state index contributed by atoms with van der Waals surface area (Å²) >= 11 is 3.52. The number of hydrogen-bond donors (Lipinski definition) is 2. The third kappa shape index (κ3) is 5.82. The van der Waals surface area contributed by atoms with Gasteiger partial charge in [-0.2, -0.15) is 0 Å². The van der Waals surface area contributed by atoms with Crippen LogP contribution in [0.5, 0.6) is 0 Å². The van der Waals surface area contributed by atoms with E-state index in [-0.39, 0.29) is 5.24 Å². The standard InChI is InChI=1S/C5H11NOS/c1-2-3-4-6-5(7)8/h2-4H2,1H3,(H2,6,7,8). The summed E-state index contributed by atoms with van der Waals surface area (Å²) in [4.78, 5) is 10.1. The monoisotopic (exact) mass is 133 g/mol. The predicted octanol–water partition coefficient (Wildman–Crippen LogP) is 1.43. The van der Waals surface area contributed by atoms with Crippen molar-refractivity contribution >= 4 is 17.9 Å². The maximum atomic E-state index is 10.1. The van der Waals surface area contributed by atoms with E-state index in [1.807, 2.05) is 0 Å². The van der Waals surface area contributed by atoms with Crippen LogP contribution < -0.4 is 5.32 Å². The molecule has 0 rings (SSSR count). The van der Waals surface area contributed by atoms with Crippen molar-refractivity contribution in [2.45, 2.75) is 19.8 Å². The van der Waals surface area contributed by atoms with Crippen LogP contribution >= 0.6 is 12.6 Å². The Morgan fingerprint density at radius 3 is 2.75 bits per heavy atom. The van der Waals surface area contributed by atoms with Gasteiger partial charge in [-0.05, 0) is 6.42 Å². The van der Waals surface area contributed by atoms with Gasteiger partial charge in [0.2, 0.25) is 0 Å². The molecule has 0 saturated heterocycles. The Hall–Kier alpha value is -0.180. The minimum Gasteiger partial charge on any atom is -0.347 e. The van der Waals surface area contributed by atoms with Gasteiger partial charge >= 0.3 is 0 Å². The average molecular weight is 133 g/mol. The summed E-state index contributed by atoms with van der Waals surface area (Å²) < 4.78 is 0. The van der Waals surface area contributed by atoms with Gasteiger partial charge in [-0.25, -0.2) is 0 Å². The van der Waals surface area contributed by atoms with Gasteiger partial charge in [0.15, 0.2) is 0 Å². The van der Waals surface area contributed by atoms with Crippen LogP contribution in [0.15, 0.2) is 0 Å². The smallest absolute Gasteiger partial charge is 0.275 e. The Morgan fingerprint density at radius 2 is 2.38 bits per heavy atom. The second kappa shape index (κ2) is 4.97. The number of amides is 1. The first-order valence-electron chi connectivity index (χ1n) is 2.74. The molecule has 0 aromatic rings. The molecular weight excluding hydrogens is 122 g/mol. The van der Waals surface area contributed by atoms with Gasteiger partial charge in [0.25, 0.3) is 5.24 Å². The van der Waals surface area contributed by atoms with Crippen molar-refractivity contribution in [3.63, 3.8) is 0 Å². The average Bonchev–Trinajstić information content (AvgIpc) is 1.66. The van der Waals surface area contributed by atoms with E-state index in [0.29, 0.717) is 0 Å². The fourth-order valence-corrected chi connectivity index (χ4v) is 0.484. The lowest BCUT2D eigenvalue weighted by molar-refractivity contribution is 0.261. The van der Waals surface area contributed by atoms with E-state index in [4.69, 9.17) is 0 Å². The first-order chi connectivity index (χ1) is 3.77. The van der Waals surface area contributed by atoms with Crippen molar-refractivity contribution in [2.24, 2.45) is 0 Å². The zero-order chi connectivity index (χ0) is 6.41. The van der Waals surface area contributed by atoms with Crippen molar-refractivity contribution in [1.29, 1.82) is 0 Å². The van der Waals surface area contributed by atoms with Gasteiger partial charge in [0.1, 0.15) is 0 Å². The van der Waals surface area contributed by atoms with Gasteiger partial charge < -0.3 is 5.32 Å². The summed E-state index contributed by atoms with van der Waals surface area (Å²) in [5, 5.41) is 2.33. The van der Waals surface area contributed by atoms with Crippen molar-refractivity contribution < 1.29 is 4.79 Å². The lowest BCUT2D eigenvalue weighted by atomic mass is 10.3. The van der Waals surface area contributed by atoms with Crippen LogP contribution in [0.4, 0.5) is 4.79 Å². The van der Waals surface area contributed by atoms with E-state index in [1.54, 1.807) is 0 Å². The van der Waals surface area contributed by atoms with Gasteiger partial charge in [-0.1, -0.05) is 26.0 Å². The minimum absolute atomic E-state index is 0.238. The molecular formula is C5H11NOS. The topological polar surface area (TPSA) is 29.1 Å². The predicted molar refractivity (Wildman–Crippen MR) is 37.3 cm³/mol. The highest BCUT2D eigenvalue weighted by molar-refractivity contribution is 7.96. The fourth-order valence-electron chi connectivity index (χ4n) is 0.372. The molecule has 8 heavy (non-hydrogen) atoms. The normalized spacial score (nSPS) is 8.75. The molecule has 0 aliphatic heterocycles. The second-order valence-corrected chi connectivity index (χ2v) is 1.99. The van der Waals surface area contributed by atoms with Crippen molar-refractivity contribution in [1.82, 2.24) is 5.32 Å². The van der Waals surface area contributed by atoms with Crippen molar-refractivity contribution in [2.75, 3.05) is 6.54 Å². The van der Waals surface area contributed by atoms with Crippen LogP contribution in [0.25, 0.3) is 0 Å². The number of carbonyl (C=O) groups excluding carboxylic acids is 1. The maximum Gasteiger partial charge on any atom is 0.275 e. The van der Waals surface area contributed by atoms with Crippen LogP contribution in [0.3, 0.4) is 0 Å². The fraction of sp³-hybridized carbons (Fsp3) is 0.800. The van der Waals surface area contributed by atoms with Gasteiger partial charge in [-0.15, -0.1) is 0 Å². The molecule has 3 heteroatoms. The number of thiol groups is 1. The largest absolute Gasteiger partial charge is 0.347 e. The van der Waals surface area contributed by atoms with E-state index in [2.05, 4.69) is 24.9 Å². The van der Waals surface area contributed by atoms with Gasteiger partial charge in [-0.3, -0.25) is 4.79 Å². The number of unbranched alkanes of at least 4 members (excludes halogenated alkanes) is 1. The number of hydrogen-bond acceptors (Lipinski definition) is 1. The first-order valence-corrected chi connectivity index (χ1v) is 3.19. The Labute approximate surface area is 55.1 Å². The highest BCUT2D eigenvalue weighted by Gasteiger charge is 1.86. The van der Waals surface area contributed by atoms with E-state index >= 15 is 0 Å². The molecule has 1 N–H and O–H groups in total. The van der Waals surface area contributed by atoms with Crippen LogP contribution in [0.2, 0.25) is 0 Å². The summed E-state index contributed by atoms with van der Waals surface area (Å²) in [7, 11) is 0. The van der Waals surface area contributed by atoms with Crippen LogP contribution in [-0.2, 0) is 0 Å². The summed E-state index contributed by atoms with van der Waals surface area (Å²) in [6.07, 6.45) is 2.14. The highest BCUT2D eigenvalue weighted by atomic mass is 32.1. The van der Waals surface area contributed by atoms with E-state index < -0.39 is 0 Å². The number of rotatable bonds is 3. The Kier molecular flexibility index (Phi) is 4.85. The SMILES string of the molecule is CCCCNC(=O)S. The quantitative estimate of drug-likeness (QED) is 0.442. The van der Waals surface area contributed by atoms with E-state index in [0.717, 1.165) is 19.4 Å². The summed E-state index contributed by atoms with van der Waals surface area (Å²) in [6, 6.07) is 0. The maximum absolute atomic E-state index is 10.1. The molecule has 1 amide bonds. The van der Waals surface area contributed by atoms with E-state index in [1.165, 1.54) is 0 Å². The van der Waals surface area contributed by atoms with Crippen LogP contribution in [0, 0.1) is 0 Å². The highest BCUT2D eigenvalue weighted by Crippen LogP contribution is 1.83. The molecule has 0 atom stereocenters. The van der Waals surface area contributed by atoms with Crippen molar-refractivity contribution in [3.05, 3.63) is 0 Å². The van der Waals surface area contributed by atoms with Gasteiger partial charge in [0.05, 0.1) is 0 Å². The molecule has 48 valence electrons. The van der Waals surface area contributed by atoms with Crippen LogP contribution in [0.1, 0.15) is 19.8 Å². The number of nitrogens with one attached hydrogen (secondary N) is 1. The molecule has 0 aromatic heterocycles. The zero-order valence-corrected chi connectivity index (χ0v) is 5.87. The first kappa shape index (κ1) is 7.82. The second-order valence-electron chi connectivity index (χ2n) is 1.59. The summed E-state index contributed by atoms with van der Waals surface area (Å²) in [5.41, 5.74) is 0. The molecule has 0 bridgehead atoms. The molecule has 0 heterocycles. The summed E-state index contributed by atoms with van der Waals surface area (Å²) in [6.45, 7) is 2.82. The zero-order valence-electron chi connectivity index (χ0n) is 4.98. The van der Waals surface area contributed by atoms with E-state index in [9.17, 15) is 4.79 Å². The molecule has 0 fully saturated rings. The lowest BCUT2D eigenvalue weighted by Gasteiger charge is -1.95. The molecule has 0 aromatic carbocycles. The Morgan fingerprint density at radius 1 is 1.75 bits per heavy atom. The third-order valence-corrected chi connectivity index (χ3v) is 0.965. The molecule has 0 saturated carbocycles. The van der Waals surface area contributed by atoms with Crippen molar-refractivity contribution in [3.8, 4) is 0 Å². The molecule has 0 spiro atoms. The number of carbonyl (C=O) groups is 1. The molecule has 0 aliphatic carbocycles. The Bertz CT molecular complexity index is 74.8. The third-order valence-electron chi connectivity index (χ3n) is 0.807.